The van der Waals surface area contributed by atoms with Gasteiger partial charge in [0.25, 0.3) is 17.7 Å². The third kappa shape index (κ3) is 12.4. The first-order valence-corrected chi connectivity index (χ1v) is 33.6. The molecule has 8 N–H and O–H groups in total. The molecule has 0 saturated carbocycles. The molecule has 0 radical (unpaired) electrons. The zero-order valence-corrected chi connectivity index (χ0v) is 55.8. The molecule has 3 fully saturated rings. The zero-order valence-electron chi connectivity index (χ0n) is 55.8. The summed E-state index contributed by atoms with van der Waals surface area (Å²) in [5, 5.41) is 20.8. The maximum absolute atomic E-state index is 12.8. The normalized spacial score (nSPS) is 16.1. The number of amides is 3. The van der Waals surface area contributed by atoms with Gasteiger partial charge in [-0.15, -0.1) is 0 Å². The van der Waals surface area contributed by atoms with Crippen LogP contribution < -0.4 is 46.6 Å². The Balaban J connectivity index is 0.000000117. The van der Waals surface area contributed by atoms with Gasteiger partial charge in [-0.05, 0) is 94.8 Å². The van der Waals surface area contributed by atoms with Crippen molar-refractivity contribution >= 4 is 96.9 Å². The maximum Gasteiger partial charge on any atom is 0.254 e. The Morgan fingerprint density at radius 3 is 1.41 bits per heavy atom. The lowest BCUT2D eigenvalue weighted by atomic mass is 10.0. The van der Waals surface area contributed by atoms with Crippen LogP contribution in [0.3, 0.4) is 0 Å². The van der Waals surface area contributed by atoms with Crippen molar-refractivity contribution in [2.75, 3.05) is 130 Å². The highest BCUT2D eigenvalue weighted by Crippen LogP contribution is 2.39. The molecular formula is C73H74N24O3. The van der Waals surface area contributed by atoms with Crippen molar-refractivity contribution in [2.24, 2.45) is 0 Å². The molecule has 12 aromatic heterocycles. The summed E-state index contributed by atoms with van der Waals surface area (Å²) >= 11 is 0. The van der Waals surface area contributed by atoms with Gasteiger partial charge in [0.05, 0.1) is 129 Å². The van der Waals surface area contributed by atoms with E-state index in [0.717, 1.165) is 179 Å². The fourth-order valence-electron chi connectivity index (χ4n) is 13.9. The van der Waals surface area contributed by atoms with Crippen molar-refractivity contribution in [3.05, 3.63) is 186 Å². The molecule has 27 nitrogen and oxygen atoms in total. The summed E-state index contributed by atoms with van der Waals surface area (Å²) in [4.78, 5) is 99.8. The molecule has 6 aliphatic rings. The number of fused-ring (bicyclic) bond motifs is 6. The summed E-state index contributed by atoms with van der Waals surface area (Å²) in [6.07, 6.45) is 21.8. The number of carbonyl (C=O) groups is 3. The van der Waals surface area contributed by atoms with Crippen molar-refractivity contribution in [3.8, 4) is 33.9 Å². The number of nitrogens with zero attached hydrogens (tertiary/aromatic N) is 16. The average molecular weight is 1340 g/mol. The summed E-state index contributed by atoms with van der Waals surface area (Å²) in [5.41, 5.74) is 18.5. The molecule has 27 heteroatoms. The highest BCUT2D eigenvalue weighted by atomic mass is 16.2. The predicted octanol–water partition coefficient (Wildman–Crippen LogP) is 8.36. The molecule has 18 heterocycles. The molecule has 3 saturated heterocycles. The van der Waals surface area contributed by atoms with Crippen LogP contribution in [0, 0.1) is 6.92 Å². The number of carbonyl (C=O) groups excluding carboxylic acids is 3. The van der Waals surface area contributed by atoms with Gasteiger partial charge in [-0.25, -0.2) is 24.9 Å². The minimum atomic E-state index is -0.112. The van der Waals surface area contributed by atoms with Crippen LogP contribution in [0.5, 0.6) is 0 Å². The van der Waals surface area contributed by atoms with Crippen molar-refractivity contribution in [3.63, 3.8) is 0 Å². The number of H-pyrrole nitrogens is 2. The lowest BCUT2D eigenvalue weighted by molar-refractivity contribution is 0.0958. The molecule has 6 aliphatic heterocycles. The lowest BCUT2D eigenvalue weighted by Gasteiger charge is -2.33. The van der Waals surface area contributed by atoms with E-state index in [4.69, 9.17) is 15.0 Å². The van der Waals surface area contributed by atoms with Gasteiger partial charge in [-0.1, -0.05) is 6.07 Å². The van der Waals surface area contributed by atoms with Crippen molar-refractivity contribution < 1.29 is 14.4 Å². The number of hydrogen-bond acceptors (Lipinski definition) is 21. The van der Waals surface area contributed by atoms with E-state index in [1.165, 1.54) is 0 Å². The number of aryl methyl sites for hydroxylation is 1. The zero-order chi connectivity index (χ0) is 68.0. The minimum Gasteiger partial charge on any atom is -0.368 e. The van der Waals surface area contributed by atoms with Crippen molar-refractivity contribution in [1.82, 2.24) is 89.9 Å². The van der Waals surface area contributed by atoms with Crippen LogP contribution in [0.4, 0.5) is 51.6 Å². The van der Waals surface area contributed by atoms with Gasteiger partial charge < -0.3 is 71.3 Å². The SMILES string of the molecule is CN1CCN(c2ccc(Nc3cnc(-c4c[nH]c5cnccc45)c4c3C(=O)NC4)nc2)CC1.CN1CCN(c2ccc(Nc3cnc(-c4cnc5ccccn45)c4c3C(=O)NC4)nc2)CC1.Cc1cc2c(-c3ncc(Nc4ccc(N5CCN(C)CC5)cn4)c4c3CNC4=O)ccnc2[nH]1. The second-order valence-corrected chi connectivity index (χ2v) is 25.9. The van der Waals surface area contributed by atoms with Gasteiger partial charge >= 0.3 is 0 Å². The highest BCUT2D eigenvalue weighted by molar-refractivity contribution is 6.09. The highest BCUT2D eigenvalue weighted by Gasteiger charge is 2.32. The molecule has 100 heavy (non-hydrogen) atoms. The number of hydrogen-bond donors (Lipinski definition) is 8. The molecule has 18 rings (SSSR count). The first-order valence-electron chi connectivity index (χ1n) is 33.6. The number of pyridine rings is 9. The van der Waals surface area contributed by atoms with Gasteiger partial charge in [0, 0.05) is 167 Å². The van der Waals surface area contributed by atoms with Crippen LogP contribution in [-0.2, 0) is 19.6 Å². The molecule has 0 aliphatic carbocycles. The largest absolute Gasteiger partial charge is 0.368 e. The molecule has 0 unspecified atom stereocenters. The Labute approximate surface area is 575 Å². The molecule has 0 spiro atoms. The van der Waals surface area contributed by atoms with Crippen LogP contribution in [0.15, 0.2) is 147 Å². The number of aromatic amines is 2. The van der Waals surface area contributed by atoms with Gasteiger partial charge in [-0.3, -0.25) is 38.7 Å². The van der Waals surface area contributed by atoms with E-state index in [1.54, 1.807) is 43.4 Å². The van der Waals surface area contributed by atoms with Gasteiger partial charge in [0.1, 0.15) is 28.7 Å². The Hall–Kier alpha value is -11.9. The van der Waals surface area contributed by atoms with Crippen LogP contribution in [0.1, 0.15) is 53.5 Å². The lowest BCUT2D eigenvalue weighted by Crippen LogP contribution is -2.44. The molecule has 504 valence electrons. The molecule has 0 aromatic carbocycles. The fourth-order valence-corrected chi connectivity index (χ4v) is 13.9. The first-order chi connectivity index (χ1) is 48.9. The van der Waals surface area contributed by atoms with E-state index in [9.17, 15) is 14.4 Å². The predicted molar refractivity (Wildman–Crippen MR) is 387 cm³/mol. The number of likely N-dealkylation sites (N-methyl/N-ethyl adjacent to an activating group) is 3. The van der Waals surface area contributed by atoms with Crippen LogP contribution in [-0.4, -0.2) is 191 Å². The van der Waals surface area contributed by atoms with E-state index < -0.39 is 0 Å². The Morgan fingerprint density at radius 2 is 0.920 bits per heavy atom. The van der Waals surface area contributed by atoms with Crippen molar-refractivity contribution in [2.45, 2.75) is 26.6 Å². The number of imidazole rings is 1. The Bertz CT molecular complexity index is 4860. The van der Waals surface area contributed by atoms with Crippen LogP contribution in [0.25, 0.3) is 61.5 Å². The van der Waals surface area contributed by atoms with E-state index in [-0.39, 0.29) is 17.7 Å². The molecule has 0 atom stereocenters. The number of piperazine rings is 3. The summed E-state index contributed by atoms with van der Waals surface area (Å²) in [6, 6.07) is 23.9. The van der Waals surface area contributed by atoms with Gasteiger partial charge in [0.2, 0.25) is 0 Å². The smallest absolute Gasteiger partial charge is 0.254 e. The number of anilines is 9. The quantitative estimate of drug-likeness (QED) is 0.0570. The average Bonchev–Trinajstić information content (AvgIpc) is 1.60. The van der Waals surface area contributed by atoms with Gasteiger partial charge in [-0.2, -0.15) is 0 Å². The number of rotatable bonds is 12. The summed E-state index contributed by atoms with van der Waals surface area (Å²) in [5.74, 6) is 1.72. The molecular weight excluding hydrogens is 1260 g/mol. The van der Waals surface area contributed by atoms with Crippen LogP contribution in [0.2, 0.25) is 0 Å². The summed E-state index contributed by atoms with van der Waals surface area (Å²) in [7, 11) is 6.44. The Morgan fingerprint density at radius 1 is 0.440 bits per heavy atom. The number of nitrogens with one attached hydrogen (secondary N) is 8. The second kappa shape index (κ2) is 26.8. The van der Waals surface area contributed by atoms with E-state index in [2.05, 4.69) is 147 Å². The third-order valence-corrected chi connectivity index (χ3v) is 19.5. The number of aromatic nitrogens is 12. The van der Waals surface area contributed by atoms with E-state index in [0.29, 0.717) is 70.8 Å². The topological polar surface area (TPSA) is 295 Å². The fraction of sp³-hybridized carbons (Fsp3) is 0.260. The Kier molecular flexibility index (Phi) is 16.9. The molecule has 12 aromatic rings. The monoisotopic (exact) mass is 1330 g/mol. The maximum atomic E-state index is 12.8. The molecule has 0 bridgehead atoms. The van der Waals surface area contributed by atoms with Crippen molar-refractivity contribution in [1.29, 1.82) is 0 Å². The summed E-state index contributed by atoms with van der Waals surface area (Å²) in [6.45, 7) is 15.6. The standard InChI is InChI=1S/C25H26N8O.2C24H24N8O/c1-15-11-18-17(5-6-26-24(18)30-15)23-19-13-29-25(34)22(19)20(14-28-23)31-21-4-3-16(12-27-21)33-9-7-32(2)8-10-33;1-31-6-8-32(9-7-31)15-2-3-21(27-10-15)30-20-14-28-23(18-12-29-24(33)22(18)20)17-11-26-19-13-25-5-4-16(17)19;1-30-8-10-31(11-9-30)16-5-6-20(25-12-16)29-18-14-27-23(17-13-28-24(33)22(17)18)19-15-26-21-4-2-3-7-32(19)21/h3-6,11-12,14H,7-10,13H2,1-2H3,(H,26,30)(H,27,31)(H,29,34);2-5,10-11,13-14,26H,6-9,12H2,1H3,(H,27,30)(H,29,33);2-7,12,14-15H,8-11,13H2,1H3,(H,25,29)(H,28,33). The second-order valence-electron chi connectivity index (χ2n) is 25.9. The van der Waals surface area contributed by atoms with Gasteiger partial charge in [0.15, 0.2) is 0 Å². The summed E-state index contributed by atoms with van der Waals surface area (Å²) < 4.78 is 1.98. The van der Waals surface area contributed by atoms with E-state index >= 15 is 0 Å². The first kappa shape index (κ1) is 62.8. The third-order valence-electron chi connectivity index (χ3n) is 19.5. The van der Waals surface area contributed by atoms with E-state index in [1.807, 2.05) is 90.8 Å². The minimum absolute atomic E-state index is 0.105. The molecule has 3 amide bonds. The van der Waals surface area contributed by atoms with Crippen LogP contribution >= 0.6 is 0 Å².